The number of anilines is 1. The summed E-state index contributed by atoms with van der Waals surface area (Å²) >= 11 is 6.05. The van der Waals surface area contributed by atoms with Crippen molar-refractivity contribution in [2.45, 2.75) is 6.92 Å². The van der Waals surface area contributed by atoms with Crippen LogP contribution in [0.5, 0.6) is 5.75 Å². The van der Waals surface area contributed by atoms with E-state index in [-0.39, 0.29) is 22.4 Å². The fourth-order valence-electron chi connectivity index (χ4n) is 2.13. The Bertz CT molecular complexity index is 739. The second kappa shape index (κ2) is 7.65. The third-order valence-corrected chi connectivity index (χ3v) is 3.62. The molecule has 3 N–H and O–H groups in total. The molecule has 0 aliphatic heterocycles. The van der Waals surface area contributed by atoms with E-state index in [0.29, 0.717) is 29.9 Å². The van der Waals surface area contributed by atoms with Gasteiger partial charge < -0.3 is 15.7 Å². The first-order valence-electron chi connectivity index (χ1n) is 7.14. The molecule has 0 heterocycles. The van der Waals surface area contributed by atoms with Crippen molar-refractivity contribution < 1.29 is 14.8 Å². The number of nitrogens with zero attached hydrogens (tertiary/aromatic N) is 1. The summed E-state index contributed by atoms with van der Waals surface area (Å²) in [7, 11) is 0. The second-order valence-electron chi connectivity index (χ2n) is 5.11. The number of non-ortho nitro benzene ring substituents is 1. The van der Waals surface area contributed by atoms with Crippen molar-refractivity contribution >= 4 is 28.9 Å². The van der Waals surface area contributed by atoms with Gasteiger partial charge in [0.15, 0.2) is 0 Å². The molecular weight excluding hydrogens is 334 g/mol. The van der Waals surface area contributed by atoms with Crippen molar-refractivity contribution in [2.75, 3.05) is 18.4 Å². The summed E-state index contributed by atoms with van der Waals surface area (Å²) in [5.41, 5.74) is 1.63. The van der Waals surface area contributed by atoms with Gasteiger partial charge in [-0.2, -0.15) is 0 Å². The molecule has 0 spiro atoms. The molecule has 0 bridgehead atoms. The number of aryl methyl sites for hydroxylation is 1. The van der Waals surface area contributed by atoms with Crippen LogP contribution in [-0.4, -0.2) is 29.0 Å². The van der Waals surface area contributed by atoms with E-state index in [0.717, 1.165) is 0 Å². The lowest BCUT2D eigenvalue weighted by atomic mass is 10.1. The van der Waals surface area contributed by atoms with E-state index in [4.69, 9.17) is 11.6 Å². The van der Waals surface area contributed by atoms with E-state index in [9.17, 15) is 20.0 Å². The highest BCUT2D eigenvalue weighted by Crippen LogP contribution is 2.30. The summed E-state index contributed by atoms with van der Waals surface area (Å²) in [6, 6.07) is 8.64. The summed E-state index contributed by atoms with van der Waals surface area (Å²) in [5.74, 6) is -0.167. The first-order chi connectivity index (χ1) is 11.4. The Labute approximate surface area is 143 Å². The molecule has 0 atom stereocenters. The molecular formula is C16H16ClN3O4. The van der Waals surface area contributed by atoms with Crippen molar-refractivity contribution in [3.8, 4) is 5.75 Å². The highest BCUT2D eigenvalue weighted by atomic mass is 35.5. The number of carbonyl (C=O) groups is 1. The van der Waals surface area contributed by atoms with Crippen molar-refractivity contribution in [2.24, 2.45) is 0 Å². The van der Waals surface area contributed by atoms with E-state index >= 15 is 0 Å². The minimum Gasteiger partial charge on any atom is -0.508 e. The van der Waals surface area contributed by atoms with Crippen LogP contribution in [0.15, 0.2) is 36.4 Å². The number of phenols is 1. The summed E-state index contributed by atoms with van der Waals surface area (Å²) < 4.78 is 0. The predicted octanol–water partition coefficient (Wildman–Crippen LogP) is 3.10. The van der Waals surface area contributed by atoms with Crippen LogP contribution in [0.25, 0.3) is 0 Å². The van der Waals surface area contributed by atoms with Crippen LogP contribution < -0.4 is 10.6 Å². The maximum Gasteiger partial charge on any atom is 0.271 e. The molecule has 1 amide bonds. The van der Waals surface area contributed by atoms with Crippen molar-refractivity contribution in [1.82, 2.24) is 5.32 Å². The minimum atomic E-state index is -0.499. The number of nitrogens with one attached hydrogen (secondary N) is 2. The van der Waals surface area contributed by atoms with Gasteiger partial charge in [-0.25, -0.2) is 0 Å². The number of benzene rings is 2. The first-order valence-corrected chi connectivity index (χ1v) is 7.52. The molecule has 0 fully saturated rings. The van der Waals surface area contributed by atoms with Crippen LogP contribution in [0.4, 0.5) is 11.4 Å². The lowest BCUT2D eigenvalue weighted by molar-refractivity contribution is -0.384. The molecule has 0 saturated carbocycles. The smallest absolute Gasteiger partial charge is 0.271 e. The highest BCUT2D eigenvalue weighted by molar-refractivity contribution is 6.33. The molecule has 0 saturated heterocycles. The number of phenolic OH excluding ortho intramolecular Hbond substituents is 1. The Morgan fingerprint density at radius 2 is 1.92 bits per heavy atom. The van der Waals surface area contributed by atoms with E-state index in [1.165, 1.54) is 36.4 Å². The van der Waals surface area contributed by atoms with Gasteiger partial charge in [0.1, 0.15) is 5.75 Å². The highest BCUT2D eigenvalue weighted by Gasteiger charge is 2.13. The zero-order valence-electron chi connectivity index (χ0n) is 12.9. The average molecular weight is 350 g/mol. The lowest BCUT2D eigenvalue weighted by Crippen LogP contribution is -2.28. The standard InChI is InChI=1S/C16H16ClN3O4/c1-10-8-12(20(23)24)9-14(17)15(10)18-6-7-19-16(22)11-2-4-13(21)5-3-11/h2-5,8-9,18,21H,6-7H2,1H3,(H,19,22). The van der Waals surface area contributed by atoms with Gasteiger partial charge >= 0.3 is 0 Å². The summed E-state index contributed by atoms with van der Waals surface area (Å²) in [6.45, 7) is 2.46. The van der Waals surface area contributed by atoms with Gasteiger partial charge in [-0.1, -0.05) is 11.6 Å². The van der Waals surface area contributed by atoms with Gasteiger partial charge in [0, 0.05) is 30.8 Å². The van der Waals surface area contributed by atoms with Crippen LogP contribution in [-0.2, 0) is 0 Å². The summed E-state index contributed by atoms with van der Waals surface area (Å²) in [4.78, 5) is 22.2. The van der Waals surface area contributed by atoms with Crippen LogP contribution in [0, 0.1) is 17.0 Å². The zero-order chi connectivity index (χ0) is 17.7. The average Bonchev–Trinajstić information content (AvgIpc) is 2.53. The normalized spacial score (nSPS) is 10.2. The lowest BCUT2D eigenvalue weighted by Gasteiger charge is -2.12. The summed E-state index contributed by atoms with van der Waals surface area (Å²) in [5, 5.41) is 26.0. The number of hydrogen-bond acceptors (Lipinski definition) is 5. The molecule has 0 aliphatic rings. The van der Waals surface area contributed by atoms with Crippen LogP contribution >= 0.6 is 11.6 Å². The van der Waals surface area contributed by atoms with Gasteiger partial charge in [0.25, 0.3) is 11.6 Å². The van der Waals surface area contributed by atoms with Gasteiger partial charge in [-0.3, -0.25) is 14.9 Å². The van der Waals surface area contributed by atoms with Crippen molar-refractivity contribution in [3.63, 3.8) is 0 Å². The van der Waals surface area contributed by atoms with Gasteiger partial charge in [0.05, 0.1) is 15.6 Å². The van der Waals surface area contributed by atoms with Crippen molar-refractivity contribution in [3.05, 3.63) is 62.7 Å². The van der Waals surface area contributed by atoms with E-state index < -0.39 is 4.92 Å². The number of nitro benzene ring substituents is 1. The largest absolute Gasteiger partial charge is 0.508 e. The Morgan fingerprint density at radius 3 is 2.50 bits per heavy atom. The molecule has 2 rings (SSSR count). The zero-order valence-corrected chi connectivity index (χ0v) is 13.6. The number of rotatable bonds is 6. The van der Waals surface area contributed by atoms with Crippen molar-refractivity contribution in [1.29, 1.82) is 0 Å². The van der Waals surface area contributed by atoms with Crippen LogP contribution in [0.2, 0.25) is 5.02 Å². The number of hydrogen-bond donors (Lipinski definition) is 3. The quantitative estimate of drug-likeness (QED) is 0.422. The SMILES string of the molecule is Cc1cc([N+](=O)[O-])cc(Cl)c1NCCNC(=O)c1ccc(O)cc1. The summed E-state index contributed by atoms with van der Waals surface area (Å²) in [6.07, 6.45) is 0. The van der Waals surface area contributed by atoms with Gasteiger partial charge in [0.2, 0.25) is 0 Å². The van der Waals surface area contributed by atoms with E-state index in [2.05, 4.69) is 10.6 Å². The van der Waals surface area contributed by atoms with E-state index in [1.54, 1.807) is 6.92 Å². The Kier molecular flexibility index (Phi) is 5.59. The molecule has 2 aromatic carbocycles. The molecule has 0 aromatic heterocycles. The number of nitro groups is 1. The molecule has 2 aromatic rings. The topological polar surface area (TPSA) is 105 Å². The van der Waals surface area contributed by atoms with E-state index in [1.807, 2.05) is 0 Å². The maximum absolute atomic E-state index is 11.9. The second-order valence-corrected chi connectivity index (χ2v) is 5.51. The Balaban J connectivity index is 1.89. The molecule has 0 radical (unpaired) electrons. The fraction of sp³-hybridized carbons (Fsp3) is 0.188. The molecule has 0 aliphatic carbocycles. The maximum atomic E-state index is 11.9. The third-order valence-electron chi connectivity index (χ3n) is 3.32. The monoisotopic (exact) mass is 349 g/mol. The number of aromatic hydroxyl groups is 1. The Morgan fingerprint density at radius 1 is 1.25 bits per heavy atom. The molecule has 24 heavy (non-hydrogen) atoms. The van der Waals surface area contributed by atoms with Gasteiger partial charge in [-0.15, -0.1) is 0 Å². The molecule has 7 nitrogen and oxygen atoms in total. The predicted molar refractivity (Wildman–Crippen MR) is 91.8 cm³/mol. The molecule has 8 heteroatoms. The van der Waals surface area contributed by atoms with Gasteiger partial charge in [-0.05, 0) is 36.8 Å². The fourth-order valence-corrected chi connectivity index (χ4v) is 2.46. The number of amides is 1. The number of halogens is 1. The van der Waals surface area contributed by atoms with Crippen LogP contribution in [0.1, 0.15) is 15.9 Å². The Hall–Kier alpha value is -2.80. The molecule has 126 valence electrons. The number of carbonyl (C=O) groups excluding carboxylic acids is 1. The minimum absolute atomic E-state index is 0.0660. The van der Waals surface area contributed by atoms with Crippen LogP contribution in [0.3, 0.4) is 0 Å². The first kappa shape index (κ1) is 17.6. The third kappa shape index (κ3) is 4.36. The molecule has 0 unspecified atom stereocenters.